The molecule has 0 saturated carbocycles. The van der Waals surface area contributed by atoms with Crippen LogP contribution in [-0.2, 0) is 11.2 Å². The molecule has 144 valence electrons. The van der Waals surface area contributed by atoms with Gasteiger partial charge >= 0.3 is 0 Å². The average Bonchev–Trinajstić information content (AvgIpc) is 3.16. The fraction of sp³-hybridized carbons (Fsp3) is 0.300. The highest BCUT2D eigenvalue weighted by Crippen LogP contribution is 2.29. The maximum Gasteiger partial charge on any atom is 0.231 e. The van der Waals surface area contributed by atoms with Crippen molar-refractivity contribution in [3.05, 3.63) is 58.6 Å². The number of H-pyrrole nitrogens is 1. The van der Waals surface area contributed by atoms with E-state index in [0.717, 1.165) is 35.2 Å². The quantitative estimate of drug-likeness (QED) is 0.720. The van der Waals surface area contributed by atoms with Gasteiger partial charge in [-0.1, -0.05) is 17.7 Å². The summed E-state index contributed by atoms with van der Waals surface area (Å²) in [6, 6.07) is 6.55. The SMILES string of the molecule is Cc1cnncc1-c1cc(N2CCCC(Cc3ccc(Cl)c(F)c3)C2=O)n[nH]1. The highest BCUT2D eigenvalue weighted by atomic mass is 35.5. The number of nitrogens with zero attached hydrogens (tertiary/aromatic N) is 4. The van der Waals surface area contributed by atoms with E-state index in [1.54, 1.807) is 23.4 Å². The molecule has 8 heteroatoms. The maximum absolute atomic E-state index is 13.7. The summed E-state index contributed by atoms with van der Waals surface area (Å²) < 4.78 is 13.7. The summed E-state index contributed by atoms with van der Waals surface area (Å²) in [4.78, 5) is 14.7. The lowest BCUT2D eigenvalue weighted by Gasteiger charge is -2.30. The first kappa shape index (κ1) is 18.6. The number of piperidine rings is 1. The van der Waals surface area contributed by atoms with E-state index in [-0.39, 0.29) is 16.8 Å². The zero-order valence-corrected chi connectivity index (χ0v) is 16.1. The van der Waals surface area contributed by atoms with Gasteiger partial charge < -0.3 is 0 Å². The summed E-state index contributed by atoms with van der Waals surface area (Å²) in [6.45, 7) is 2.56. The molecule has 1 fully saturated rings. The zero-order chi connectivity index (χ0) is 19.7. The Labute approximate surface area is 166 Å². The van der Waals surface area contributed by atoms with Gasteiger partial charge in [-0.2, -0.15) is 15.3 Å². The Balaban J connectivity index is 1.53. The van der Waals surface area contributed by atoms with Gasteiger partial charge in [-0.25, -0.2) is 4.39 Å². The maximum atomic E-state index is 13.7. The minimum Gasteiger partial charge on any atom is -0.295 e. The highest BCUT2D eigenvalue weighted by molar-refractivity contribution is 6.30. The van der Waals surface area contributed by atoms with Gasteiger partial charge in [-0.15, -0.1) is 0 Å². The minimum atomic E-state index is -0.461. The molecule has 1 unspecified atom stereocenters. The molecule has 4 rings (SSSR count). The Morgan fingerprint density at radius 1 is 1.29 bits per heavy atom. The first-order chi connectivity index (χ1) is 13.5. The summed E-state index contributed by atoms with van der Waals surface area (Å²) in [5, 5.41) is 15.2. The van der Waals surface area contributed by atoms with Crippen LogP contribution in [-0.4, -0.2) is 32.8 Å². The van der Waals surface area contributed by atoms with Crippen LogP contribution >= 0.6 is 11.6 Å². The smallest absolute Gasteiger partial charge is 0.231 e. The lowest BCUT2D eigenvalue weighted by atomic mass is 9.90. The van der Waals surface area contributed by atoms with E-state index in [9.17, 15) is 9.18 Å². The summed E-state index contributed by atoms with van der Waals surface area (Å²) in [5.41, 5.74) is 3.42. The topological polar surface area (TPSA) is 74.8 Å². The van der Waals surface area contributed by atoms with Crippen molar-refractivity contribution in [3.8, 4) is 11.3 Å². The van der Waals surface area contributed by atoms with E-state index in [2.05, 4.69) is 20.4 Å². The minimum absolute atomic E-state index is 0.00392. The molecule has 3 heterocycles. The summed E-state index contributed by atoms with van der Waals surface area (Å²) in [7, 11) is 0. The van der Waals surface area contributed by atoms with Gasteiger partial charge in [-0.05, 0) is 49.4 Å². The van der Waals surface area contributed by atoms with E-state index in [0.29, 0.717) is 18.8 Å². The third-order valence-electron chi connectivity index (χ3n) is 5.08. The molecule has 0 bridgehead atoms. The van der Waals surface area contributed by atoms with Gasteiger partial charge in [0, 0.05) is 24.1 Å². The fourth-order valence-electron chi connectivity index (χ4n) is 3.57. The van der Waals surface area contributed by atoms with E-state index in [4.69, 9.17) is 11.6 Å². The van der Waals surface area contributed by atoms with E-state index >= 15 is 0 Å². The normalized spacial score (nSPS) is 17.2. The molecule has 0 spiro atoms. The molecule has 1 N–H and O–H groups in total. The number of aromatic nitrogens is 4. The molecule has 0 radical (unpaired) electrons. The van der Waals surface area contributed by atoms with Crippen molar-refractivity contribution < 1.29 is 9.18 Å². The number of nitrogens with one attached hydrogen (secondary N) is 1. The number of hydrogen-bond donors (Lipinski definition) is 1. The van der Waals surface area contributed by atoms with Crippen LogP contribution in [0.4, 0.5) is 10.2 Å². The fourth-order valence-corrected chi connectivity index (χ4v) is 3.69. The number of anilines is 1. The molecule has 1 aliphatic rings. The second-order valence-electron chi connectivity index (χ2n) is 7.01. The van der Waals surface area contributed by atoms with Crippen LogP contribution in [0.3, 0.4) is 0 Å². The molecule has 0 aliphatic carbocycles. The monoisotopic (exact) mass is 399 g/mol. The molecule has 1 saturated heterocycles. The number of aryl methyl sites for hydroxylation is 1. The molecule has 6 nitrogen and oxygen atoms in total. The van der Waals surface area contributed by atoms with Gasteiger partial charge in [0.2, 0.25) is 5.91 Å². The van der Waals surface area contributed by atoms with Gasteiger partial charge in [-0.3, -0.25) is 14.8 Å². The molecule has 1 amide bonds. The second-order valence-corrected chi connectivity index (χ2v) is 7.41. The lowest BCUT2D eigenvalue weighted by molar-refractivity contribution is -0.123. The van der Waals surface area contributed by atoms with Crippen LogP contribution in [0.15, 0.2) is 36.7 Å². The molecular weight excluding hydrogens is 381 g/mol. The Morgan fingerprint density at radius 3 is 2.89 bits per heavy atom. The van der Waals surface area contributed by atoms with Crippen molar-refractivity contribution in [1.82, 2.24) is 20.4 Å². The Hall–Kier alpha value is -2.80. The molecule has 1 atom stereocenters. The van der Waals surface area contributed by atoms with Gasteiger partial charge in [0.15, 0.2) is 5.82 Å². The molecule has 1 aromatic carbocycles. The second kappa shape index (κ2) is 7.67. The molecule has 2 aromatic heterocycles. The first-order valence-corrected chi connectivity index (χ1v) is 9.49. The number of rotatable bonds is 4. The van der Waals surface area contributed by atoms with Gasteiger partial charge in [0.1, 0.15) is 5.82 Å². The van der Waals surface area contributed by atoms with Gasteiger partial charge in [0.05, 0.1) is 23.1 Å². The van der Waals surface area contributed by atoms with Crippen molar-refractivity contribution in [3.63, 3.8) is 0 Å². The number of benzene rings is 1. The van der Waals surface area contributed by atoms with E-state index < -0.39 is 5.82 Å². The Kier molecular flexibility index (Phi) is 5.09. The van der Waals surface area contributed by atoms with Crippen LogP contribution in [0.25, 0.3) is 11.3 Å². The predicted molar refractivity (Wildman–Crippen MR) is 105 cm³/mol. The molecule has 3 aromatic rings. The van der Waals surface area contributed by atoms with Crippen LogP contribution in [0, 0.1) is 18.7 Å². The van der Waals surface area contributed by atoms with Crippen LogP contribution < -0.4 is 4.90 Å². The summed E-state index contributed by atoms with van der Waals surface area (Å²) in [6.07, 6.45) is 5.47. The van der Waals surface area contributed by atoms with Crippen molar-refractivity contribution in [1.29, 1.82) is 0 Å². The standard InChI is InChI=1S/C20H19ClFN5O/c1-12-10-23-24-11-15(12)18-9-19(26-25-18)27-6-2-3-14(20(27)28)7-13-4-5-16(21)17(22)8-13/h4-5,8-11,14H,2-3,6-7H2,1H3,(H,25,26). The third kappa shape index (κ3) is 3.62. The number of aromatic amines is 1. The van der Waals surface area contributed by atoms with E-state index in [1.807, 2.05) is 13.0 Å². The lowest BCUT2D eigenvalue weighted by Crippen LogP contribution is -2.42. The molecule has 28 heavy (non-hydrogen) atoms. The van der Waals surface area contributed by atoms with Crippen molar-refractivity contribution in [2.24, 2.45) is 5.92 Å². The number of amides is 1. The third-order valence-corrected chi connectivity index (χ3v) is 5.38. The van der Waals surface area contributed by atoms with Crippen molar-refractivity contribution in [2.45, 2.75) is 26.2 Å². The molecular formula is C20H19ClFN5O. The number of carbonyl (C=O) groups excluding carboxylic acids is 1. The number of carbonyl (C=O) groups is 1. The van der Waals surface area contributed by atoms with Crippen LogP contribution in [0.1, 0.15) is 24.0 Å². The average molecular weight is 400 g/mol. The zero-order valence-electron chi connectivity index (χ0n) is 15.3. The van der Waals surface area contributed by atoms with Gasteiger partial charge in [0.25, 0.3) is 0 Å². The Bertz CT molecular complexity index is 1020. The number of hydrogen-bond acceptors (Lipinski definition) is 4. The van der Waals surface area contributed by atoms with Crippen LogP contribution in [0.5, 0.6) is 0 Å². The van der Waals surface area contributed by atoms with E-state index in [1.165, 1.54) is 12.1 Å². The summed E-state index contributed by atoms with van der Waals surface area (Å²) in [5.74, 6) is -0.0798. The summed E-state index contributed by atoms with van der Waals surface area (Å²) >= 11 is 5.75. The largest absolute Gasteiger partial charge is 0.295 e. The van der Waals surface area contributed by atoms with Crippen LogP contribution in [0.2, 0.25) is 5.02 Å². The van der Waals surface area contributed by atoms with Crippen molar-refractivity contribution in [2.75, 3.05) is 11.4 Å². The predicted octanol–water partition coefficient (Wildman–Crippen LogP) is 3.95. The highest BCUT2D eigenvalue weighted by Gasteiger charge is 2.31. The molecule has 1 aliphatic heterocycles. The van der Waals surface area contributed by atoms with Crippen molar-refractivity contribution >= 4 is 23.3 Å². The first-order valence-electron chi connectivity index (χ1n) is 9.11. The Morgan fingerprint density at radius 2 is 2.11 bits per heavy atom. The number of halogens is 2.